The van der Waals surface area contributed by atoms with Crippen LogP contribution in [0.3, 0.4) is 0 Å². The van der Waals surface area contributed by atoms with E-state index >= 15 is 0 Å². The molecular formula is C13H20N2O2. The Balaban J connectivity index is 2.59. The van der Waals surface area contributed by atoms with E-state index in [2.05, 4.69) is 5.32 Å². The number of nitrogens with one attached hydrogen (secondary N) is 1. The molecular weight excluding hydrogens is 216 g/mol. The van der Waals surface area contributed by atoms with Crippen molar-refractivity contribution in [1.82, 2.24) is 5.32 Å². The highest BCUT2D eigenvalue weighted by Gasteiger charge is 2.12. The Morgan fingerprint density at radius 3 is 2.82 bits per heavy atom. The van der Waals surface area contributed by atoms with Gasteiger partial charge in [-0.25, -0.2) is 0 Å². The van der Waals surface area contributed by atoms with E-state index in [1.165, 1.54) is 0 Å². The van der Waals surface area contributed by atoms with Gasteiger partial charge >= 0.3 is 0 Å². The molecule has 1 aromatic carbocycles. The Bertz CT molecular complexity index is 371. The number of aryl methyl sites for hydroxylation is 1. The van der Waals surface area contributed by atoms with E-state index in [1.807, 2.05) is 26.0 Å². The number of aliphatic hydroxyl groups excluding tert-OH is 1. The molecule has 0 bridgehead atoms. The maximum atomic E-state index is 11.9. The molecule has 17 heavy (non-hydrogen) atoms. The van der Waals surface area contributed by atoms with Crippen molar-refractivity contribution in [3.63, 3.8) is 0 Å². The van der Waals surface area contributed by atoms with Crippen molar-refractivity contribution in [2.45, 2.75) is 32.8 Å². The molecule has 4 heteroatoms. The summed E-state index contributed by atoms with van der Waals surface area (Å²) in [4.78, 5) is 11.9. The van der Waals surface area contributed by atoms with E-state index in [4.69, 9.17) is 5.73 Å². The van der Waals surface area contributed by atoms with Crippen LogP contribution >= 0.6 is 0 Å². The molecule has 0 aliphatic carbocycles. The van der Waals surface area contributed by atoms with E-state index < -0.39 is 0 Å². The van der Waals surface area contributed by atoms with Gasteiger partial charge in [-0.1, -0.05) is 19.1 Å². The van der Waals surface area contributed by atoms with Gasteiger partial charge in [-0.15, -0.1) is 0 Å². The van der Waals surface area contributed by atoms with Gasteiger partial charge in [-0.05, 0) is 31.4 Å². The van der Waals surface area contributed by atoms with Crippen molar-refractivity contribution in [1.29, 1.82) is 0 Å². The molecule has 0 radical (unpaired) electrons. The lowest BCUT2D eigenvalue weighted by atomic mass is 10.1. The summed E-state index contributed by atoms with van der Waals surface area (Å²) < 4.78 is 0. The molecule has 1 unspecified atom stereocenters. The van der Waals surface area contributed by atoms with Crippen molar-refractivity contribution in [3.05, 3.63) is 29.3 Å². The van der Waals surface area contributed by atoms with Crippen LogP contribution in [0.2, 0.25) is 0 Å². The van der Waals surface area contributed by atoms with Crippen molar-refractivity contribution < 1.29 is 9.90 Å². The average molecular weight is 236 g/mol. The van der Waals surface area contributed by atoms with Crippen molar-refractivity contribution in [2.24, 2.45) is 0 Å². The van der Waals surface area contributed by atoms with Gasteiger partial charge in [-0.3, -0.25) is 4.79 Å². The predicted molar refractivity (Wildman–Crippen MR) is 68.8 cm³/mol. The summed E-state index contributed by atoms with van der Waals surface area (Å²) >= 11 is 0. The number of aliphatic hydroxyl groups is 1. The number of hydrogen-bond donors (Lipinski definition) is 3. The van der Waals surface area contributed by atoms with Crippen LogP contribution in [0.5, 0.6) is 0 Å². The van der Waals surface area contributed by atoms with Gasteiger partial charge in [0.05, 0.1) is 11.7 Å². The van der Waals surface area contributed by atoms with E-state index in [0.717, 1.165) is 5.56 Å². The second-order valence-electron chi connectivity index (χ2n) is 4.15. The summed E-state index contributed by atoms with van der Waals surface area (Å²) in [6.07, 6.45) is 0.903. The number of anilines is 1. The molecule has 1 aromatic rings. The Hall–Kier alpha value is -1.55. The summed E-state index contributed by atoms with van der Waals surface area (Å²) in [5.74, 6) is -0.177. The first-order valence-corrected chi connectivity index (χ1v) is 5.87. The molecule has 0 aliphatic heterocycles. The van der Waals surface area contributed by atoms with E-state index in [-0.39, 0.29) is 12.0 Å². The largest absolute Gasteiger partial charge is 0.398 e. The van der Waals surface area contributed by atoms with Crippen LogP contribution in [0.15, 0.2) is 18.2 Å². The molecule has 0 aliphatic rings. The Labute approximate surface area is 102 Å². The minimum absolute atomic E-state index is 0.177. The molecule has 4 N–H and O–H groups in total. The Morgan fingerprint density at radius 1 is 1.53 bits per heavy atom. The number of rotatable bonds is 5. The Morgan fingerprint density at radius 2 is 2.24 bits per heavy atom. The maximum Gasteiger partial charge on any atom is 0.253 e. The molecule has 94 valence electrons. The van der Waals surface area contributed by atoms with E-state index in [0.29, 0.717) is 30.6 Å². The van der Waals surface area contributed by atoms with Crippen LogP contribution < -0.4 is 11.1 Å². The lowest BCUT2D eigenvalue weighted by molar-refractivity contribution is 0.0942. The highest BCUT2D eigenvalue weighted by atomic mass is 16.3. The third-order valence-electron chi connectivity index (χ3n) is 2.77. The first-order valence-electron chi connectivity index (χ1n) is 5.87. The van der Waals surface area contributed by atoms with Crippen LogP contribution in [0.25, 0.3) is 0 Å². The molecule has 0 aromatic heterocycles. The number of amides is 1. The third-order valence-corrected chi connectivity index (χ3v) is 2.77. The van der Waals surface area contributed by atoms with Crippen molar-refractivity contribution in [3.8, 4) is 0 Å². The van der Waals surface area contributed by atoms with Crippen LogP contribution in [-0.2, 0) is 0 Å². The number of carbonyl (C=O) groups excluding carboxylic acids is 1. The van der Waals surface area contributed by atoms with Crippen LogP contribution in [0.1, 0.15) is 35.7 Å². The molecule has 4 nitrogen and oxygen atoms in total. The minimum atomic E-state index is -0.357. The molecule has 0 heterocycles. The summed E-state index contributed by atoms with van der Waals surface area (Å²) in [6, 6.07) is 5.39. The van der Waals surface area contributed by atoms with Gasteiger partial charge in [0.25, 0.3) is 5.91 Å². The van der Waals surface area contributed by atoms with Crippen molar-refractivity contribution in [2.75, 3.05) is 12.3 Å². The third kappa shape index (κ3) is 3.75. The second kappa shape index (κ2) is 6.25. The molecule has 1 amide bonds. The monoisotopic (exact) mass is 236 g/mol. The zero-order valence-electron chi connectivity index (χ0n) is 10.4. The van der Waals surface area contributed by atoms with Crippen LogP contribution in [0, 0.1) is 6.92 Å². The van der Waals surface area contributed by atoms with Crippen LogP contribution in [0.4, 0.5) is 5.69 Å². The van der Waals surface area contributed by atoms with E-state index in [1.54, 1.807) is 6.07 Å². The number of carbonyl (C=O) groups is 1. The lowest BCUT2D eigenvalue weighted by Crippen LogP contribution is -2.28. The molecule has 0 fully saturated rings. The molecule has 0 saturated carbocycles. The number of benzene rings is 1. The predicted octanol–water partition coefficient (Wildman–Crippen LogP) is 1.47. The second-order valence-corrected chi connectivity index (χ2v) is 4.15. The fourth-order valence-electron chi connectivity index (χ4n) is 1.65. The number of nitrogen functional groups attached to an aromatic ring is 1. The average Bonchev–Trinajstić information content (AvgIpc) is 2.28. The summed E-state index contributed by atoms with van der Waals surface area (Å²) in [5.41, 5.74) is 7.64. The summed E-state index contributed by atoms with van der Waals surface area (Å²) in [6.45, 7) is 4.22. The fourth-order valence-corrected chi connectivity index (χ4v) is 1.65. The van der Waals surface area contributed by atoms with E-state index in [9.17, 15) is 9.90 Å². The standard InChI is InChI=1S/C13H20N2O2/c1-3-10(16)7-8-15-13(17)12-9(2)5-4-6-11(12)14/h4-6,10,16H,3,7-8,14H2,1-2H3,(H,15,17). The number of nitrogens with two attached hydrogens (primary N) is 1. The first kappa shape index (κ1) is 13.5. The topological polar surface area (TPSA) is 75.3 Å². The first-order chi connectivity index (χ1) is 8.06. The smallest absolute Gasteiger partial charge is 0.253 e. The molecule has 1 rings (SSSR count). The molecule has 0 spiro atoms. The fraction of sp³-hybridized carbons (Fsp3) is 0.462. The van der Waals surface area contributed by atoms with Gasteiger partial charge in [-0.2, -0.15) is 0 Å². The normalized spacial score (nSPS) is 12.2. The molecule has 0 saturated heterocycles. The highest BCUT2D eigenvalue weighted by molar-refractivity contribution is 6.00. The summed E-state index contributed by atoms with van der Waals surface area (Å²) in [5, 5.41) is 12.1. The van der Waals surface area contributed by atoms with Gasteiger partial charge in [0.1, 0.15) is 0 Å². The maximum absolute atomic E-state index is 11.9. The van der Waals surface area contributed by atoms with Gasteiger partial charge in [0.2, 0.25) is 0 Å². The summed E-state index contributed by atoms with van der Waals surface area (Å²) in [7, 11) is 0. The van der Waals surface area contributed by atoms with Gasteiger partial charge in [0.15, 0.2) is 0 Å². The lowest BCUT2D eigenvalue weighted by Gasteiger charge is -2.11. The van der Waals surface area contributed by atoms with Crippen LogP contribution in [-0.4, -0.2) is 23.7 Å². The zero-order chi connectivity index (χ0) is 12.8. The zero-order valence-corrected chi connectivity index (χ0v) is 10.4. The SMILES string of the molecule is CCC(O)CCNC(=O)c1c(C)cccc1N. The quantitative estimate of drug-likeness (QED) is 0.678. The minimum Gasteiger partial charge on any atom is -0.398 e. The molecule has 1 atom stereocenters. The van der Waals surface area contributed by atoms with Gasteiger partial charge < -0.3 is 16.2 Å². The van der Waals surface area contributed by atoms with Crippen molar-refractivity contribution >= 4 is 11.6 Å². The Kier molecular flexibility index (Phi) is 4.97. The highest BCUT2D eigenvalue weighted by Crippen LogP contribution is 2.15. The van der Waals surface area contributed by atoms with Gasteiger partial charge in [0, 0.05) is 12.2 Å². The number of hydrogen-bond acceptors (Lipinski definition) is 3.